The number of amides is 1. The summed E-state index contributed by atoms with van der Waals surface area (Å²) in [4.78, 5) is 12.1. The molecule has 0 radical (unpaired) electrons. The van der Waals surface area contributed by atoms with Crippen LogP contribution in [-0.2, 0) is 0 Å². The molecule has 2 heterocycles. The number of carbonyl (C=O) groups excluding carboxylic acids is 1. The molecule has 3 rings (SSSR count). The summed E-state index contributed by atoms with van der Waals surface area (Å²) >= 11 is 7.36. The molecule has 0 saturated heterocycles. The van der Waals surface area contributed by atoms with E-state index >= 15 is 0 Å². The molecular weight excluding hydrogens is 312 g/mol. The minimum absolute atomic E-state index is 0.213. The number of hydrogen-bond donors (Lipinski definition) is 1. The second-order valence-electron chi connectivity index (χ2n) is 4.08. The molecule has 0 spiro atoms. The van der Waals surface area contributed by atoms with Gasteiger partial charge in [0.05, 0.1) is 16.4 Å². The van der Waals surface area contributed by atoms with Crippen molar-refractivity contribution >= 4 is 34.0 Å². The first kappa shape index (κ1) is 13.7. The van der Waals surface area contributed by atoms with Crippen molar-refractivity contribution in [2.45, 2.75) is 6.92 Å². The van der Waals surface area contributed by atoms with Gasteiger partial charge in [-0.2, -0.15) is 0 Å². The van der Waals surface area contributed by atoms with E-state index in [-0.39, 0.29) is 11.6 Å². The largest absolute Gasteiger partial charge is 0.295 e. The van der Waals surface area contributed by atoms with Gasteiger partial charge in [-0.15, -0.1) is 15.3 Å². The predicted molar refractivity (Wildman–Crippen MR) is 79.0 cm³/mol. The van der Waals surface area contributed by atoms with E-state index in [0.29, 0.717) is 21.5 Å². The van der Waals surface area contributed by atoms with E-state index in [2.05, 4.69) is 25.8 Å². The Bertz CT molecular complexity index is 785. The molecule has 0 aliphatic rings. The topological polar surface area (TPSA) is 85.6 Å². The average molecular weight is 321 g/mol. The lowest BCUT2D eigenvalue weighted by Crippen LogP contribution is -2.14. The first-order chi connectivity index (χ1) is 10.2. The third kappa shape index (κ3) is 2.63. The molecule has 0 aliphatic heterocycles. The summed E-state index contributed by atoms with van der Waals surface area (Å²) < 4.78 is 1.53. The highest BCUT2D eigenvalue weighted by atomic mass is 35.5. The zero-order valence-electron chi connectivity index (χ0n) is 10.8. The lowest BCUT2D eigenvalue weighted by Gasteiger charge is -2.05. The van der Waals surface area contributed by atoms with Crippen molar-refractivity contribution in [2.24, 2.45) is 0 Å². The van der Waals surface area contributed by atoms with Crippen LogP contribution in [0.5, 0.6) is 0 Å². The van der Waals surface area contributed by atoms with Gasteiger partial charge < -0.3 is 0 Å². The number of carbonyl (C=O) groups is 1. The first-order valence-corrected chi connectivity index (χ1v) is 7.17. The number of nitrogens with zero attached hydrogens (tertiary/aromatic N) is 5. The molecule has 0 saturated carbocycles. The second-order valence-corrected chi connectivity index (χ2v) is 5.33. The molecule has 0 aliphatic carbocycles. The van der Waals surface area contributed by atoms with Crippen LogP contribution in [0.1, 0.15) is 16.2 Å². The maximum Gasteiger partial charge on any atom is 0.279 e. The van der Waals surface area contributed by atoms with Crippen LogP contribution >= 0.6 is 22.9 Å². The number of para-hydroxylation sites is 1. The van der Waals surface area contributed by atoms with Gasteiger partial charge in [-0.05, 0) is 19.1 Å². The monoisotopic (exact) mass is 320 g/mol. The summed E-state index contributed by atoms with van der Waals surface area (Å²) in [6.45, 7) is 1.75. The lowest BCUT2D eigenvalue weighted by molar-refractivity contribution is 0.102. The van der Waals surface area contributed by atoms with Gasteiger partial charge in [-0.25, -0.2) is 4.68 Å². The Hall–Kier alpha value is -2.32. The number of halogens is 1. The van der Waals surface area contributed by atoms with Crippen LogP contribution in [-0.4, -0.2) is 31.1 Å². The number of benzene rings is 1. The SMILES string of the molecule is Cc1c(C(=O)Nc2nncs2)nnn1-c1ccccc1Cl. The minimum atomic E-state index is -0.387. The van der Waals surface area contributed by atoms with Crippen LogP contribution < -0.4 is 5.32 Å². The fraction of sp³-hybridized carbons (Fsp3) is 0.0833. The molecule has 2 aromatic heterocycles. The molecule has 0 fully saturated rings. The van der Waals surface area contributed by atoms with E-state index in [4.69, 9.17) is 11.6 Å². The Morgan fingerprint density at radius 3 is 2.86 bits per heavy atom. The number of hydrogen-bond acceptors (Lipinski definition) is 6. The standard InChI is InChI=1S/C12H9ClN6OS/c1-7-10(11(20)15-12-17-14-6-21-12)16-18-19(7)9-5-3-2-4-8(9)13/h2-6H,1H3,(H,15,17,20). The predicted octanol–water partition coefficient (Wildman–Crippen LogP) is 2.33. The second kappa shape index (κ2) is 5.58. The van der Waals surface area contributed by atoms with E-state index in [0.717, 1.165) is 0 Å². The van der Waals surface area contributed by atoms with Crippen molar-refractivity contribution in [3.05, 3.63) is 46.2 Å². The van der Waals surface area contributed by atoms with Crippen LogP contribution in [0.15, 0.2) is 29.8 Å². The Labute approximate surface area is 128 Å². The van der Waals surface area contributed by atoms with Gasteiger partial charge in [-0.3, -0.25) is 10.1 Å². The van der Waals surface area contributed by atoms with E-state index < -0.39 is 0 Å². The Morgan fingerprint density at radius 1 is 1.33 bits per heavy atom. The molecule has 0 bridgehead atoms. The van der Waals surface area contributed by atoms with Gasteiger partial charge in [0, 0.05) is 0 Å². The van der Waals surface area contributed by atoms with Crippen LogP contribution in [0.4, 0.5) is 5.13 Å². The Balaban J connectivity index is 1.93. The summed E-state index contributed by atoms with van der Waals surface area (Å²) in [5, 5.41) is 18.9. The molecule has 1 aromatic carbocycles. The number of anilines is 1. The third-order valence-electron chi connectivity index (χ3n) is 2.77. The number of rotatable bonds is 3. The summed E-state index contributed by atoms with van der Waals surface area (Å²) in [6.07, 6.45) is 0. The molecule has 9 heteroatoms. The minimum Gasteiger partial charge on any atom is -0.295 e. The van der Waals surface area contributed by atoms with Gasteiger partial charge in [0.1, 0.15) is 5.51 Å². The van der Waals surface area contributed by atoms with Crippen LogP contribution in [0.25, 0.3) is 5.69 Å². The highest BCUT2D eigenvalue weighted by Gasteiger charge is 2.19. The molecule has 106 valence electrons. The van der Waals surface area contributed by atoms with E-state index in [1.165, 1.54) is 21.5 Å². The Kier molecular flexibility index (Phi) is 3.63. The van der Waals surface area contributed by atoms with Crippen molar-refractivity contribution in [1.29, 1.82) is 0 Å². The number of aromatic nitrogens is 5. The van der Waals surface area contributed by atoms with Gasteiger partial charge in [0.2, 0.25) is 5.13 Å². The fourth-order valence-corrected chi connectivity index (χ4v) is 2.43. The van der Waals surface area contributed by atoms with Crippen molar-refractivity contribution < 1.29 is 4.79 Å². The molecule has 21 heavy (non-hydrogen) atoms. The molecule has 3 aromatic rings. The number of nitrogens with one attached hydrogen (secondary N) is 1. The van der Waals surface area contributed by atoms with Crippen molar-refractivity contribution in [1.82, 2.24) is 25.2 Å². The summed E-state index contributed by atoms with van der Waals surface area (Å²) in [5.41, 5.74) is 3.00. The highest BCUT2D eigenvalue weighted by molar-refractivity contribution is 7.13. The van der Waals surface area contributed by atoms with Gasteiger partial charge in [-0.1, -0.05) is 40.3 Å². The molecular formula is C12H9ClN6OS. The van der Waals surface area contributed by atoms with Crippen LogP contribution in [0, 0.1) is 6.92 Å². The summed E-state index contributed by atoms with van der Waals surface area (Å²) in [5.74, 6) is -0.387. The maximum absolute atomic E-state index is 12.1. The van der Waals surface area contributed by atoms with Gasteiger partial charge >= 0.3 is 0 Å². The van der Waals surface area contributed by atoms with Gasteiger partial charge in [0.15, 0.2) is 5.69 Å². The van der Waals surface area contributed by atoms with E-state index in [1.807, 2.05) is 12.1 Å². The van der Waals surface area contributed by atoms with E-state index in [1.54, 1.807) is 19.1 Å². The van der Waals surface area contributed by atoms with Crippen molar-refractivity contribution in [3.63, 3.8) is 0 Å². The highest BCUT2D eigenvalue weighted by Crippen LogP contribution is 2.21. The average Bonchev–Trinajstić information content (AvgIpc) is 3.09. The molecule has 1 N–H and O–H groups in total. The molecule has 1 amide bonds. The maximum atomic E-state index is 12.1. The fourth-order valence-electron chi connectivity index (χ4n) is 1.78. The van der Waals surface area contributed by atoms with Crippen LogP contribution in [0.3, 0.4) is 0 Å². The zero-order valence-corrected chi connectivity index (χ0v) is 12.4. The van der Waals surface area contributed by atoms with Crippen molar-refractivity contribution in [2.75, 3.05) is 5.32 Å². The quantitative estimate of drug-likeness (QED) is 0.800. The summed E-state index contributed by atoms with van der Waals surface area (Å²) in [7, 11) is 0. The zero-order chi connectivity index (χ0) is 14.8. The molecule has 0 atom stereocenters. The summed E-state index contributed by atoms with van der Waals surface area (Å²) in [6, 6.07) is 7.21. The Morgan fingerprint density at radius 2 is 2.14 bits per heavy atom. The first-order valence-electron chi connectivity index (χ1n) is 5.91. The molecule has 7 nitrogen and oxygen atoms in total. The van der Waals surface area contributed by atoms with E-state index in [9.17, 15) is 4.79 Å². The normalized spacial score (nSPS) is 10.6. The smallest absolute Gasteiger partial charge is 0.279 e. The van der Waals surface area contributed by atoms with Gasteiger partial charge in [0.25, 0.3) is 5.91 Å². The molecule has 0 unspecified atom stereocenters. The van der Waals surface area contributed by atoms with Crippen molar-refractivity contribution in [3.8, 4) is 5.69 Å². The lowest BCUT2D eigenvalue weighted by atomic mass is 10.3. The third-order valence-corrected chi connectivity index (χ3v) is 3.70. The van der Waals surface area contributed by atoms with Crippen LogP contribution in [0.2, 0.25) is 5.02 Å².